The minimum atomic E-state index is -0.246. The summed E-state index contributed by atoms with van der Waals surface area (Å²) in [6.45, 7) is 7.96. The molecule has 0 saturated carbocycles. The molecule has 2 heterocycles. The molecule has 0 aliphatic heterocycles. The molecule has 4 heteroatoms. The fraction of sp³-hybridized carbons (Fsp3) is 0.300. The Bertz CT molecular complexity index is 901. The fourth-order valence-corrected chi connectivity index (χ4v) is 2.82. The minimum absolute atomic E-state index is 0.142. The highest BCUT2D eigenvalue weighted by Gasteiger charge is 2.19. The number of aromatic nitrogens is 2. The van der Waals surface area contributed by atoms with Crippen LogP contribution in [-0.2, 0) is 0 Å². The lowest BCUT2D eigenvalue weighted by molar-refractivity contribution is 0.242. The van der Waals surface area contributed by atoms with Crippen LogP contribution in [0.5, 0.6) is 5.75 Å². The number of hydrogen-bond donors (Lipinski definition) is 0. The first kappa shape index (κ1) is 16.1. The molecule has 0 fully saturated rings. The van der Waals surface area contributed by atoms with Crippen LogP contribution in [0.1, 0.15) is 37.9 Å². The van der Waals surface area contributed by atoms with Crippen molar-refractivity contribution in [1.29, 1.82) is 5.26 Å². The zero-order chi connectivity index (χ0) is 17.3. The van der Waals surface area contributed by atoms with Crippen LogP contribution < -0.4 is 4.74 Å². The molecule has 122 valence electrons. The van der Waals surface area contributed by atoms with Gasteiger partial charge in [0.2, 0.25) is 0 Å². The first-order valence-corrected chi connectivity index (χ1v) is 8.15. The second kappa shape index (κ2) is 6.37. The predicted octanol–water partition coefficient (Wildman–Crippen LogP) is 4.72. The summed E-state index contributed by atoms with van der Waals surface area (Å²) in [6.07, 6.45) is 2.13. The average molecular weight is 319 g/mol. The third kappa shape index (κ3) is 2.98. The zero-order valence-corrected chi connectivity index (χ0v) is 14.4. The van der Waals surface area contributed by atoms with Crippen molar-refractivity contribution < 1.29 is 4.74 Å². The Morgan fingerprint density at radius 2 is 1.83 bits per heavy atom. The summed E-state index contributed by atoms with van der Waals surface area (Å²) in [5, 5.41) is 9.42. The van der Waals surface area contributed by atoms with E-state index >= 15 is 0 Å². The maximum absolute atomic E-state index is 9.42. The molecule has 3 aromatic rings. The van der Waals surface area contributed by atoms with Crippen LogP contribution in [0.4, 0.5) is 0 Å². The van der Waals surface area contributed by atoms with Crippen molar-refractivity contribution in [2.24, 2.45) is 0 Å². The highest BCUT2D eigenvalue weighted by Crippen LogP contribution is 2.31. The largest absolute Gasteiger partial charge is 0.491 e. The van der Waals surface area contributed by atoms with Crippen molar-refractivity contribution in [2.75, 3.05) is 0 Å². The van der Waals surface area contributed by atoms with Gasteiger partial charge in [-0.3, -0.25) is 0 Å². The van der Waals surface area contributed by atoms with Crippen LogP contribution in [-0.4, -0.2) is 15.5 Å². The Morgan fingerprint density at radius 1 is 1.12 bits per heavy atom. The molecule has 0 radical (unpaired) electrons. The number of benzene rings is 1. The molecule has 0 N–H and O–H groups in total. The number of aryl methyl sites for hydroxylation is 1. The molecule has 1 atom stereocenters. The van der Waals surface area contributed by atoms with Crippen molar-refractivity contribution in [1.82, 2.24) is 9.38 Å². The topological polar surface area (TPSA) is 50.3 Å². The van der Waals surface area contributed by atoms with E-state index in [-0.39, 0.29) is 12.0 Å². The second-order valence-electron chi connectivity index (χ2n) is 6.32. The van der Waals surface area contributed by atoms with Gasteiger partial charge in [-0.25, -0.2) is 4.98 Å². The summed E-state index contributed by atoms with van der Waals surface area (Å²) < 4.78 is 7.71. The van der Waals surface area contributed by atoms with Crippen LogP contribution in [0.2, 0.25) is 0 Å². The molecule has 1 aromatic carbocycles. The first-order chi connectivity index (χ1) is 11.5. The Labute approximate surface area is 142 Å². The van der Waals surface area contributed by atoms with Crippen molar-refractivity contribution in [2.45, 2.75) is 39.7 Å². The van der Waals surface area contributed by atoms with Gasteiger partial charge in [-0.1, -0.05) is 0 Å². The molecule has 2 aromatic heterocycles. The number of fused-ring (bicyclic) bond motifs is 1. The Hall–Kier alpha value is -2.80. The van der Waals surface area contributed by atoms with Crippen LogP contribution in [0.15, 0.2) is 42.6 Å². The van der Waals surface area contributed by atoms with Gasteiger partial charge in [0.25, 0.3) is 0 Å². The van der Waals surface area contributed by atoms with Crippen LogP contribution in [0.25, 0.3) is 16.9 Å². The number of nitrogens with zero attached hydrogens (tertiary/aromatic N) is 3. The van der Waals surface area contributed by atoms with E-state index in [0.717, 1.165) is 33.9 Å². The smallest absolute Gasteiger partial charge is 0.137 e. The van der Waals surface area contributed by atoms with E-state index in [0.29, 0.717) is 0 Å². The average Bonchev–Trinajstić information content (AvgIpc) is 2.92. The van der Waals surface area contributed by atoms with Crippen molar-refractivity contribution in [3.05, 3.63) is 53.9 Å². The van der Waals surface area contributed by atoms with Gasteiger partial charge < -0.3 is 9.14 Å². The molecule has 0 aliphatic carbocycles. The lowest BCUT2D eigenvalue weighted by Gasteiger charge is -2.10. The van der Waals surface area contributed by atoms with Gasteiger partial charge in [0.15, 0.2) is 0 Å². The maximum atomic E-state index is 9.42. The lowest BCUT2D eigenvalue weighted by Crippen LogP contribution is -2.05. The summed E-state index contributed by atoms with van der Waals surface area (Å²) in [7, 11) is 0. The number of hydrogen-bond acceptors (Lipinski definition) is 3. The van der Waals surface area contributed by atoms with Gasteiger partial charge >= 0.3 is 0 Å². The van der Waals surface area contributed by atoms with Gasteiger partial charge in [0.1, 0.15) is 11.4 Å². The van der Waals surface area contributed by atoms with Gasteiger partial charge in [-0.15, -0.1) is 0 Å². The van der Waals surface area contributed by atoms with Gasteiger partial charge in [0, 0.05) is 11.8 Å². The van der Waals surface area contributed by atoms with E-state index < -0.39 is 0 Å². The predicted molar refractivity (Wildman–Crippen MR) is 95.2 cm³/mol. The number of ether oxygens (including phenoxy) is 1. The number of imidazole rings is 1. The maximum Gasteiger partial charge on any atom is 0.137 e. The summed E-state index contributed by atoms with van der Waals surface area (Å²) in [4.78, 5) is 4.77. The van der Waals surface area contributed by atoms with Crippen LogP contribution >= 0.6 is 0 Å². The quantitative estimate of drug-likeness (QED) is 0.699. The number of rotatable bonds is 4. The third-order valence-electron chi connectivity index (χ3n) is 3.92. The highest BCUT2D eigenvalue weighted by molar-refractivity contribution is 5.68. The van der Waals surface area contributed by atoms with E-state index in [4.69, 9.17) is 9.72 Å². The van der Waals surface area contributed by atoms with E-state index in [1.807, 2.05) is 74.7 Å². The standard InChI is InChI=1S/C20H21N3O/c1-13(2)24-17-7-5-16(6-8-17)19-20(15(4)12-21)23-10-9-14(3)11-18(23)22-19/h5-11,13,15H,1-4H3. The Kier molecular flexibility index (Phi) is 4.26. The Balaban J connectivity index is 2.13. The second-order valence-corrected chi connectivity index (χ2v) is 6.32. The molecule has 0 spiro atoms. The van der Waals surface area contributed by atoms with Crippen molar-refractivity contribution >= 4 is 5.65 Å². The normalized spacial score (nSPS) is 12.3. The zero-order valence-electron chi connectivity index (χ0n) is 14.4. The fourth-order valence-electron chi connectivity index (χ4n) is 2.82. The summed E-state index contributed by atoms with van der Waals surface area (Å²) >= 11 is 0. The van der Waals surface area contributed by atoms with Gasteiger partial charge in [0.05, 0.1) is 29.5 Å². The molecule has 3 rings (SSSR count). The molecular weight excluding hydrogens is 298 g/mol. The molecule has 0 bridgehead atoms. The van der Waals surface area contributed by atoms with E-state index in [2.05, 4.69) is 6.07 Å². The summed E-state index contributed by atoms with van der Waals surface area (Å²) in [6, 6.07) is 14.3. The highest BCUT2D eigenvalue weighted by atomic mass is 16.5. The molecule has 0 aliphatic rings. The number of nitriles is 1. The molecular formula is C20H21N3O. The van der Waals surface area contributed by atoms with Gasteiger partial charge in [-0.2, -0.15) is 5.26 Å². The van der Waals surface area contributed by atoms with E-state index in [9.17, 15) is 5.26 Å². The molecule has 24 heavy (non-hydrogen) atoms. The molecule has 0 amide bonds. The van der Waals surface area contributed by atoms with Crippen LogP contribution in [0.3, 0.4) is 0 Å². The SMILES string of the molecule is Cc1ccn2c(C(C)C#N)c(-c3ccc(OC(C)C)cc3)nc2c1. The number of pyridine rings is 1. The van der Waals surface area contributed by atoms with E-state index in [1.54, 1.807) is 0 Å². The summed E-state index contributed by atoms with van der Waals surface area (Å²) in [5.74, 6) is 0.590. The Morgan fingerprint density at radius 3 is 2.46 bits per heavy atom. The monoisotopic (exact) mass is 319 g/mol. The molecule has 4 nitrogen and oxygen atoms in total. The molecule has 0 saturated heterocycles. The summed E-state index contributed by atoms with van der Waals surface area (Å²) in [5.41, 5.74) is 4.78. The molecule has 1 unspecified atom stereocenters. The lowest BCUT2D eigenvalue weighted by atomic mass is 10.0. The first-order valence-electron chi connectivity index (χ1n) is 8.15. The van der Waals surface area contributed by atoms with E-state index in [1.165, 1.54) is 0 Å². The van der Waals surface area contributed by atoms with Crippen LogP contribution in [0, 0.1) is 18.3 Å². The minimum Gasteiger partial charge on any atom is -0.491 e. The van der Waals surface area contributed by atoms with Gasteiger partial charge in [-0.05, 0) is 69.7 Å². The van der Waals surface area contributed by atoms with Crippen molar-refractivity contribution in [3.63, 3.8) is 0 Å². The third-order valence-corrected chi connectivity index (χ3v) is 3.92. The van der Waals surface area contributed by atoms with Crippen molar-refractivity contribution in [3.8, 4) is 23.1 Å².